The molecule has 0 spiro atoms. The lowest BCUT2D eigenvalue weighted by atomic mass is 10.3. The van der Waals surface area contributed by atoms with E-state index in [0.29, 0.717) is 16.0 Å². The molecule has 2 rings (SSSR count). The number of benzene rings is 1. The molecule has 18 heavy (non-hydrogen) atoms. The van der Waals surface area contributed by atoms with E-state index >= 15 is 0 Å². The molecule has 1 aromatic heterocycles. The molecule has 0 bridgehead atoms. The Balaban J connectivity index is 2.30. The van der Waals surface area contributed by atoms with Crippen LogP contribution in [0.2, 0.25) is 0 Å². The maximum atomic E-state index is 13.6. The number of halogens is 2. The highest BCUT2D eigenvalue weighted by molar-refractivity contribution is 9.10. The van der Waals surface area contributed by atoms with Crippen LogP contribution >= 0.6 is 15.9 Å². The third kappa shape index (κ3) is 2.93. The van der Waals surface area contributed by atoms with Gasteiger partial charge in [-0.15, -0.1) is 0 Å². The number of hydrazine groups is 1. The molecule has 94 valence electrons. The zero-order chi connectivity index (χ0) is 13.1. The Labute approximate surface area is 112 Å². The van der Waals surface area contributed by atoms with Gasteiger partial charge in [-0.05, 0) is 25.1 Å². The fourth-order valence-corrected chi connectivity index (χ4v) is 1.76. The second-order valence-corrected chi connectivity index (χ2v) is 4.53. The topological polar surface area (TPSA) is 75.9 Å². The maximum absolute atomic E-state index is 13.6. The molecule has 0 aliphatic rings. The van der Waals surface area contributed by atoms with Gasteiger partial charge in [-0.3, -0.25) is 5.43 Å². The summed E-state index contributed by atoms with van der Waals surface area (Å²) in [5.41, 5.74) is 3.41. The number of nitrogens with zero attached hydrogens (tertiary/aromatic N) is 2. The van der Waals surface area contributed by atoms with Gasteiger partial charge in [0.1, 0.15) is 11.6 Å². The second kappa shape index (κ2) is 5.28. The molecular weight excluding hydrogens is 301 g/mol. The molecule has 0 atom stereocenters. The van der Waals surface area contributed by atoms with E-state index in [2.05, 4.69) is 36.6 Å². The first kappa shape index (κ1) is 12.7. The Morgan fingerprint density at radius 3 is 2.72 bits per heavy atom. The van der Waals surface area contributed by atoms with Crippen molar-refractivity contribution < 1.29 is 4.39 Å². The molecule has 7 heteroatoms. The maximum Gasteiger partial charge on any atom is 0.239 e. The fourth-order valence-electron chi connectivity index (χ4n) is 1.43. The van der Waals surface area contributed by atoms with Crippen LogP contribution in [0.25, 0.3) is 0 Å². The minimum absolute atomic E-state index is 0.273. The van der Waals surface area contributed by atoms with E-state index < -0.39 is 0 Å². The number of anilines is 3. The van der Waals surface area contributed by atoms with Gasteiger partial charge < -0.3 is 5.32 Å². The molecule has 0 radical (unpaired) electrons. The highest BCUT2D eigenvalue weighted by Crippen LogP contribution is 2.22. The average molecular weight is 312 g/mol. The van der Waals surface area contributed by atoms with E-state index in [-0.39, 0.29) is 11.8 Å². The van der Waals surface area contributed by atoms with E-state index in [4.69, 9.17) is 5.84 Å². The summed E-state index contributed by atoms with van der Waals surface area (Å²) in [4.78, 5) is 8.12. The molecule has 0 unspecified atom stereocenters. The highest BCUT2D eigenvalue weighted by atomic mass is 79.9. The second-order valence-electron chi connectivity index (χ2n) is 3.61. The van der Waals surface area contributed by atoms with Crippen LogP contribution in [-0.2, 0) is 0 Å². The molecule has 0 aliphatic heterocycles. The van der Waals surface area contributed by atoms with Gasteiger partial charge in [-0.1, -0.05) is 15.9 Å². The summed E-state index contributed by atoms with van der Waals surface area (Å²) in [5, 5.41) is 2.87. The zero-order valence-electron chi connectivity index (χ0n) is 9.54. The van der Waals surface area contributed by atoms with Crippen LogP contribution in [0, 0.1) is 12.7 Å². The summed E-state index contributed by atoms with van der Waals surface area (Å²) >= 11 is 3.20. The Hall–Kier alpha value is -1.73. The lowest BCUT2D eigenvalue weighted by Crippen LogP contribution is -2.12. The first-order valence-corrected chi connectivity index (χ1v) is 5.92. The van der Waals surface area contributed by atoms with E-state index in [9.17, 15) is 4.39 Å². The van der Waals surface area contributed by atoms with E-state index in [1.807, 2.05) is 0 Å². The summed E-state index contributed by atoms with van der Waals surface area (Å²) in [5.74, 6) is 5.62. The highest BCUT2D eigenvalue weighted by Gasteiger charge is 2.06. The lowest BCUT2D eigenvalue weighted by molar-refractivity contribution is 0.631. The normalized spacial score (nSPS) is 10.2. The van der Waals surface area contributed by atoms with Gasteiger partial charge in [-0.2, -0.15) is 4.98 Å². The quantitative estimate of drug-likeness (QED) is 0.600. The molecule has 2 aromatic rings. The van der Waals surface area contributed by atoms with Crippen molar-refractivity contribution in [2.75, 3.05) is 10.7 Å². The number of nitrogens with two attached hydrogens (primary N) is 1. The first-order valence-electron chi connectivity index (χ1n) is 5.13. The molecule has 0 fully saturated rings. The number of aryl methyl sites for hydroxylation is 1. The molecule has 5 nitrogen and oxygen atoms in total. The predicted molar refractivity (Wildman–Crippen MR) is 72.0 cm³/mol. The van der Waals surface area contributed by atoms with Gasteiger partial charge in [0.15, 0.2) is 0 Å². The van der Waals surface area contributed by atoms with Gasteiger partial charge in [0, 0.05) is 16.2 Å². The van der Waals surface area contributed by atoms with Crippen LogP contribution in [0.1, 0.15) is 5.69 Å². The van der Waals surface area contributed by atoms with Gasteiger partial charge in [0.25, 0.3) is 0 Å². The number of hydrogen-bond acceptors (Lipinski definition) is 5. The summed E-state index contributed by atoms with van der Waals surface area (Å²) in [6.45, 7) is 1.80. The van der Waals surface area contributed by atoms with Crippen LogP contribution in [0.3, 0.4) is 0 Å². The van der Waals surface area contributed by atoms with Crippen LogP contribution in [-0.4, -0.2) is 9.97 Å². The van der Waals surface area contributed by atoms with Crippen LogP contribution in [0.5, 0.6) is 0 Å². The summed E-state index contributed by atoms with van der Waals surface area (Å²) < 4.78 is 14.3. The third-order valence-electron chi connectivity index (χ3n) is 2.18. The van der Waals surface area contributed by atoms with E-state index in [1.165, 1.54) is 6.07 Å². The predicted octanol–water partition coefficient (Wildman–Crippen LogP) is 2.72. The van der Waals surface area contributed by atoms with Crippen LogP contribution in [0.15, 0.2) is 28.7 Å². The van der Waals surface area contributed by atoms with Crippen LogP contribution in [0.4, 0.5) is 21.8 Å². The molecule has 1 heterocycles. The SMILES string of the molecule is Cc1cc(Nc2ccc(Br)cc2F)nc(NN)n1. The number of aromatic nitrogens is 2. The number of nitrogens with one attached hydrogen (secondary N) is 2. The first-order chi connectivity index (χ1) is 8.58. The van der Waals surface area contributed by atoms with Crippen molar-refractivity contribution in [2.24, 2.45) is 5.84 Å². The largest absolute Gasteiger partial charge is 0.338 e. The summed E-state index contributed by atoms with van der Waals surface area (Å²) in [7, 11) is 0. The smallest absolute Gasteiger partial charge is 0.239 e. The van der Waals surface area contributed by atoms with Crippen molar-refractivity contribution in [3.8, 4) is 0 Å². The van der Waals surface area contributed by atoms with Crippen molar-refractivity contribution in [1.29, 1.82) is 0 Å². The van der Waals surface area contributed by atoms with E-state index in [0.717, 1.165) is 5.69 Å². The minimum Gasteiger partial charge on any atom is -0.338 e. The van der Waals surface area contributed by atoms with Gasteiger partial charge in [-0.25, -0.2) is 15.2 Å². The summed E-state index contributed by atoms with van der Waals surface area (Å²) in [6.07, 6.45) is 0. The molecule has 1 aromatic carbocycles. The number of rotatable bonds is 3. The van der Waals surface area contributed by atoms with Gasteiger partial charge in [0.05, 0.1) is 5.69 Å². The van der Waals surface area contributed by atoms with Crippen molar-refractivity contribution in [2.45, 2.75) is 6.92 Å². The van der Waals surface area contributed by atoms with Crippen LogP contribution < -0.4 is 16.6 Å². The Bertz CT molecular complexity index is 575. The third-order valence-corrected chi connectivity index (χ3v) is 2.67. The van der Waals surface area contributed by atoms with Crippen molar-refractivity contribution in [1.82, 2.24) is 9.97 Å². The van der Waals surface area contributed by atoms with Gasteiger partial charge >= 0.3 is 0 Å². The van der Waals surface area contributed by atoms with Crippen molar-refractivity contribution in [3.63, 3.8) is 0 Å². The van der Waals surface area contributed by atoms with Crippen molar-refractivity contribution >= 4 is 33.4 Å². The molecule has 0 saturated heterocycles. The Morgan fingerprint density at radius 1 is 1.28 bits per heavy atom. The number of nitrogen functional groups attached to an aromatic ring is 1. The molecule has 4 N–H and O–H groups in total. The van der Waals surface area contributed by atoms with Crippen molar-refractivity contribution in [3.05, 3.63) is 40.2 Å². The average Bonchev–Trinajstić information content (AvgIpc) is 2.32. The van der Waals surface area contributed by atoms with Gasteiger partial charge in [0.2, 0.25) is 5.95 Å². The van der Waals surface area contributed by atoms with E-state index in [1.54, 1.807) is 25.1 Å². The minimum atomic E-state index is -0.372. The number of hydrogen-bond donors (Lipinski definition) is 3. The Morgan fingerprint density at radius 2 is 2.06 bits per heavy atom. The fraction of sp³-hybridized carbons (Fsp3) is 0.0909. The zero-order valence-corrected chi connectivity index (χ0v) is 11.1. The monoisotopic (exact) mass is 311 g/mol. The Kier molecular flexibility index (Phi) is 3.73. The molecule has 0 saturated carbocycles. The molecule has 0 aliphatic carbocycles. The molecular formula is C11H11BrFN5. The summed E-state index contributed by atoms with van der Waals surface area (Å²) in [6, 6.07) is 6.43. The standard InChI is InChI=1S/C11H11BrFN5/c1-6-4-10(17-11(15-6)18-14)16-9-3-2-7(12)5-8(9)13/h2-5H,14H2,1H3,(H2,15,16,17,18). The lowest BCUT2D eigenvalue weighted by Gasteiger charge is -2.09. The molecule has 0 amide bonds.